The van der Waals surface area contributed by atoms with E-state index in [9.17, 15) is 4.79 Å². The molecule has 1 atom stereocenters. The van der Waals surface area contributed by atoms with E-state index in [0.717, 1.165) is 0 Å². The molecule has 1 heterocycles. The van der Waals surface area contributed by atoms with Gasteiger partial charge in [0.1, 0.15) is 0 Å². The van der Waals surface area contributed by atoms with Gasteiger partial charge in [-0.25, -0.2) is 0 Å². The number of aliphatic hydroxyl groups is 1. The Kier molecular flexibility index (Phi) is 3.50. The Balaban J connectivity index is 2.47. The Morgan fingerprint density at radius 1 is 1.57 bits per heavy atom. The number of carbonyl (C=O) groups excluding carboxylic acids is 1. The second-order valence-corrected chi connectivity index (χ2v) is 4.84. The van der Waals surface area contributed by atoms with E-state index in [-0.39, 0.29) is 29.9 Å². The smallest absolute Gasteiger partial charge is 0.226 e. The van der Waals surface area contributed by atoms with Crippen LogP contribution >= 0.6 is 0 Å². The van der Waals surface area contributed by atoms with E-state index in [0.29, 0.717) is 13.2 Å². The van der Waals surface area contributed by atoms with Crippen molar-refractivity contribution in [2.24, 2.45) is 11.3 Å². The summed E-state index contributed by atoms with van der Waals surface area (Å²) in [6.45, 7) is 6.92. The van der Waals surface area contributed by atoms with Gasteiger partial charge in [0.2, 0.25) is 5.91 Å². The first kappa shape index (κ1) is 11.5. The zero-order chi connectivity index (χ0) is 10.8. The number of nitrogens with one attached hydrogen (secondary N) is 1. The molecule has 2 N–H and O–H groups in total. The predicted octanol–water partition coefficient (Wildman–Crippen LogP) is 0.156. The zero-order valence-electron chi connectivity index (χ0n) is 9.04. The molecule has 1 rings (SSSR count). The first-order valence-electron chi connectivity index (χ1n) is 4.94. The van der Waals surface area contributed by atoms with Crippen LogP contribution in [0.25, 0.3) is 0 Å². The predicted molar refractivity (Wildman–Crippen MR) is 52.8 cm³/mol. The van der Waals surface area contributed by atoms with E-state index in [2.05, 4.69) is 5.32 Å². The largest absolute Gasteiger partial charge is 0.396 e. The van der Waals surface area contributed by atoms with Crippen molar-refractivity contribution >= 4 is 5.91 Å². The molecule has 0 aromatic heterocycles. The Labute approximate surface area is 84.6 Å². The lowest BCUT2D eigenvalue weighted by Gasteiger charge is -2.32. The molecule has 0 saturated carbocycles. The first-order valence-corrected chi connectivity index (χ1v) is 4.94. The highest BCUT2D eigenvalue weighted by atomic mass is 16.5. The van der Waals surface area contributed by atoms with Crippen molar-refractivity contribution in [3.05, 3.63) is 0 Å². The summed E-state index contributed by atoms with van der Waals surface area (Å²) in [5.41, 5.74) is -0.205. The lowest BCUT2D eigenvalue weighted by molar-refractivity contribution is -0.134. The first-order chi connectivity index (χ1) is 6.45. The van der Waals surface area contributed by atoms with Gasteiger partial charge in [0, 0.05) is 0 Å². The average molecular weight is 201 g/mol. The highest BCUT2D eigenvalue weighted by Gasteiger charge is 2.32. The van der Waals surface area contributed by atoms with E-state index in [1.165, 1.54) is 0 Å². The van der Waals surface area contributed by atoms with Gasteiger partial charge in [-0.3, -0.25) is 4.79 Å². The third-order valence-electron chi connectivity index (χ3n) is 2.53. The summed E-state index contributed by atoms with van der Waals surface area (Å²) in [4.78, 5) is 11.7. The molecule has 0 spiro atoms. The van der Waals surface area contributed by atoms with Gasteiger partial charge in [-0.05, 0) is 5.41 Å². The molecule has 1 amide bonds. The molecular weight excluding hydrogens is 182 g/mol. The zero-order valence-corrected chi connectivity index (χ0v) is 9.04. The maximum absolute atomic E-state index is 11.7. The standard InChI is InChI=1S/C10H19NO3/c1-10(2,3)8(4-12)9(13)11-7-5-14-6-7/h7-8,12H,4-6H2,1-3H3,(H,11,13). The van der Waals surface area contributed by atoms with Crippen LogP contribution in [-0.2, 0) is 9.53 Å². The number of rotatable bonds is 3. The molecule has 1 fully saturated rings. The molecule has 14 heavy (non-hydrogen) atoms. The number of aliphatic hydroxyl groups excluding tert-OH is 1. The topological polar surface area (TPSA) is 58.6 Å². The fourth-order valence-corrected chi connectivity index (χ4v) is 1.37. The third-order valence-corrected chi connectivity index (χ3v) is 2.53. The molecule has 1 saturated heterocycles. The second kappa shape index (κ2) is 4.28. The number of carbonyl (C=O) groups is 1. The molecule has 1 aliphatic rings. The number of hydrogen-bond donors (Lipinski definition) is 2. The van der Waals surface area contributed by atoms with Crippen LogP contribution in [0.1, 0.15) is 20.8 Å². The van der Waals surface area contributed by atoms with Crippen LogP contribution in [0.3, 0.4) is 0 Å². The monoisotopic (exact) mass is 201 g/mol. The van der Waals surface area contributed by atoms with Gasteiger partial charge < -0.3 is 15.2 Å². The molecule has 1 aliphatic heterocycles. The van der Waals surface area contributed by atoms with Crippen molar-refractivity contribution in [1.29, 1.82) is 0 Å². The SMILES string of the molecule is CC(C)(C)C(CO)C(=O)NC1COC1. The molecule has 0 aliphatic carbocycles. The molecule has 1 unspecified atom stereocenters. The minimum Gasteiger partial charge on any atom is -0.396 e. The Morgan fingerprint density at radius 2 is 2.14 bits per heavy atom. The third kappa shape index (κ3) is 2.69. The van der Waals surface area contributed by atoms with Crippen LogP contribution in [-0.4, -0.2) is 36.9 Å². The van der Waals surface area contributed by atoms with Gasteiger partial charge >= 0.3 is 0 Å². The van der Waals surface area contributed by atoms with Crippen molar-refractivity contribution in [3.8, 4) is 0 Å². The fourth-order valence-electron chi connectivity index (χ4n) is 1.37. The van der Waals surface area contributed by atoms with Crippen LogP contribution in [0.4, 0.5) is 0 Å². The maximum atomic E-state index is 11.7. The second-order valence-electron chi connectivity index (χ2n) is 4.84. The van der Waals surface area contributed by atoms with E-state index < -0.39 is 0 Å². The molecule has 4 nitrogen and oxygen atoms in total. The number of amides is 1. The van der Waals surface area contributed by atoms with Gasteiger partial charge in [0.25, 0.3) is 0 Å². The van der Waals surface area contributed by atoms with Gasteiger partial charge in [-0.1, -0.05) is 20.8 Å². The van der Waals surface area contributed by atoms with E-state index in [1.807, 2.05) is 20.8 Å². The summed E-state index contributed by atoms with van der Waals surface area (Å²) >= 11 is 0. The number of hydrogen-bond acceptors (Lipinski definition) is 3. The van der Waals surface area contributed by atoms with Crippen molar-refractivity contribution in [2.75, 3.05) is 19.8 Å². The average Bonchev–Trinajstić information content (AvgIpc) is 1.95. The Bertz CT molecular complexity index is 206. The van der Waals surface area contributed by atoms with Crippen LogP contribution < -0.4 is 5.32 Å². The molecule has 0 aromatic carbocycles. The van der Waals surface area contributed by atoms with Crippen LogP contribution in [0.15, 0.2) is 0 Å². The molecule has 0 radical (unpaired) electrons. The Hall–Kier alpha value is -0.610. The van der Waals surface area contributed by atoms with Crippen molar-refractivity contribution in [2.45, 2.75) is 26.8 Å². The van der Waals surface area contributed by atoms with Crippen LogP contribution in [0.5, 0.6) is 0 Å². The van der Waals surface area contributed by atoms with Crippen LogP contribution in [0, 0.1) is 11.3 Å². The summed E-state index contributed by atoms with van der Waals surface area (Å²) in [7, 11) is 0. The quantitative estimate of drug-likeness (QED) is 0.683. The normalized spacial score (nSPS) is 20.0. The highest BCUT2D eigenvalue weighted by Crippen LogP contribution is 2.25. The van der Waals surface area contributed by atoms with Gasteiger partial charge in [0.15, 0.2) is 0 Å². The Morgan fingerprint density at radius 3 is 2.43 bits per heavy atom. The summed E-state index contributed by atoms with van der Waals surface area (Å²) < 4.78 is 4.96. The van der Waals surface area contributed by atoms with Gasteiger partial charge in [-0.2, -0.15) is 0 Å². The minimum atomic E-state index is -0.344. The molecule has 0 bridgehead atoms. The number of ether oxygens (including phenoxy) is 1. The summed E-state index contributed by atoms with van der Waals surface area (Å²) in [5, 5.41) is 12.0. The molecule has 0 aromatic rings. The minimum absolute atomic E-state index is 0.0756. The molecular formula is C10H19NO3. The van der Waals surface area contributed by atoms with Gasteiger partial charge in [0.05, 0.1) is 31.8 Å². The lowest BCUT2D eigenvalue weighted by atomic mass is 9.80. The van der Waals surface area contributed by atoms with Crippen LogP contribution in [0.2, 0.25) is 0 Å². The van der Waals surface area contributed by atoms with Gasteiger partial charge in [-0.15, -0.1) is 0 Å². The fraction of sp³-hybridized carbons (Fsp3) is 0.900. The van der Waals surface area contributed by atoms with Crippen molar-refractivity contribution < 1.29 is 14.6 Å². The molecule has 4 heteroatoms. The highest BCUT2D eigenvalue weighted by molar-refractivity contribution is 5.79. The van der Waals surface area contributed by atoms with E-state index in [1.54, 1.807) is 0 Å². The lowest BCUT2D eigenvalue weighted by Crippen LogP contribution is -2.52. The van der Waals surface area contributed by atoms with Crippen molar-refractivity contribution in [1.82, 2.24) is 5.32 Å². The summed E-state index contributed by atoms with van der Waals surface area (Å²) in [5.74, 6) is -0.420. The van der Waals surface area contributed by atoms with E-state index in [4.69, 9.17) is 9.84 Å². The van der Waals surface area contributed by atoms with Crippen molar-refractivity contribution in [3.63, 3.8) is 0 Å². The van der Waals surface area contributed by atoms with E-state index >= 15 is 0 Å². The summed E-state index contributed by atoms with van der Waals surface area (Å²) in [6, 6.07) is 0.138. The maximum Gasteiger partial charge on any atom is 0.226 e. The molecule has 82 valence electrons. The summed E-state index contributed by atoms with van der Waals surface area (Å²) in [6.07, 6.45) is 0.